The molecule has 0 aromatic heterocycles. The van der Waals surface area contributed by atoms with Gasteiger partial charge in [0.1, 0.15) is 18.4 Å². The van der Waals surface area contributed by atoms with Crippen LogP contribution in [-0.4, -0.2) is 59.9 Å². The van der Waals surface area contributed by atoms with E-state index in [9.17, 15) is 14.4 Å². The highest BCUT2D eigenvalue weighted by Crippen LogP contribution is 2.34. The number of fused-ring (bicyclic) bond motifs is 1. The average molecular weight is 455 g/mol. The van der Waals surface area contributed by atoms with Crippen LogP contribution >= 0.6 is 0 Å². The lowest BCUT2D eigenvalue weighted by Crippen LogP contribution is -2.52. The van der Waals surface area contributed by atoms with Gasteiger partial charge in [-0.1, -0.05) is 30.3 Å². The predicted octanol–water partition coefficient (Wildman–Crippen LogP) is 1.86. The molecule has 0 saturated carbocycles. The summed E-state index contributed by atoms with van der Waals surface area (Å²) in [6, 6.07) is 6.06. The molecule has 2 aromatic carbocycles. The van der Waals surface area contributed by atoms with Crippen LogP contribution in [0.25, 0.3) is 0 Å². The second-order valence-corrected chi connectivity index (χ2v) is 8.11. The number of carbonyl (C=O) groups is 3. The smallest absolute Gasteiger partial charge is 0.255 e. The van der Waals surface area contributed by atoms with Crippen molar-refractivity contribution in [3.05, 3.63) is 64.7 Å². The lowest BCUT2D eigenvalue weighted by atomic mass is 10.0. The third-order valence-electron chi connectivity index (χ3n) is 5.94. The van der Waals surface area contributed by atoms with Gasteiger partial charge in [-0.3, -0.25) is 24.6 Å². The Morgan fingerprint density at radius 1 is 1.12 bits per heavy atom. The Balaban J connectivity index is 1.39. The number of nitrogens with one attached hydrogen (secondary N) is 1. The monoisotopic (exact) mass is 454 g/mol. The van der Waals surface area contributed by atoms with Crippen LogP contribution in [0.3, 0.4) is 0 Å². The van der Waals surface area contributed by atoms with Crippen LogP contribution in [0, 0.1) is 0 Å². The molecule has 3 heterocycles. The van der Waals surface area contributed by atoms with Gasteiger partial charge in [-0.25, -0.2) is 0 Å². The molecule has 2 atom stereocenters. The molecular formula is C25H27N3O5. The molecule has 33 heavy (non-hydrogen) atoms. The van der Waals surface area contributed by atoms with Gasteiger partial charge in [-0.05, 0) is 29.7 Å². The fourth-order valence-corrected chi connectivity index (χ4v) is 4.19. The number of carbonyl (C=O) groups excluding carboxylic acids is 3. The molecule has 2 unspecified atom stereocenters. The Morgan fingerprint density at radius 2 is 1.91 bits per heavy atom. The quantitative estimate of drug-likeness (QED) is 0.671. The molecule has 8 heteroatoms. The van der Waals surface area contributed by atoms with E-state index in [1.54, 1.807) is 12.1 Å². The molecule has 0 radical (unpaired) electrons. The zero-order valence-corrected chi connectivity index (χ0v) is 17.9. The van der Waals surface area contributed by atoms with Crippen LogP contribution in [0.5, 0.6) is 5.75 Å². The van der Waals surface area contributed by atoms with Crippen LogP contribution in [0.4, 0.5) is 0 Å². The summed E-state index contributed by atoms with van der Waals surface area (Å²) < 4.78 is 53.7. The van der Waals surface area contributed by atoms with E-state index >= 15 is 0 Å². The van der Waals surface area contributed by atoms with E-state index < -0.39 is 30.9 Å². The topological polar surface area (TPSA) is 88.2 Å². The molecule has 0 bridgehead atoms. The number of morpholine rings is 1. The van der Waals surface area contributed by atoms with Crippen molar-refractivity contribution in [2.24, 2.45) is 0 Å². The van der Waals surface area contributed by atoms with Gasteiger partial charge in [0.25, 0.3) is 5.91 Å². The van der Waals surface area contributed by atoms with Gasteiger partial charge in [0.15, 0.2) is 0 Å². The highest BCUT2D eigenvalue weighted by atomic mass is 16.5. The second kappa shape index (κ2) is 9.33. The lowest BCUT2D eigenvalue weighted by molar-refractivity contribution is -0.136. The predicted molar refractivity (Wildman–Crippen MR) is 119 cm³/mol. The summed E-state index contributed by atoms with van der Waals surface area (Å²) in [5.41, 5.74) is 0.791. The summed E-state index contributed by atoms with van der Waals surface area (Å²) in [7, 11) is 0. The van der Waals surface area contributed by atoms with E-state index in [-0.39, 0.29) is 54.3 Å². The number of hydrogen-bond donors (Lipinski definition) is 1. The second-order valence-electron chi connectivity index (χ2n) is 8.11. The largest absolute Gasteiger partial charge is 0.489 e. The van der Waals surface area contributed by atoms with E-state index in [1.807, 2.05) is 4.90 Å². The molecule has 2 fully saturated rings. The Hall–Kier alpha value is -3.23. The summed E-state index contributed by atoms with van der Waals surface area (Å²) >= 11 is 0. The van der Waals surface area contributed by atoms with Crippen molar-refractivity contribution in [1.82, 2.24) is 15.1 Å². The zero-order chi connectivity index (χ0) is 27.2. The fraction of sp³-hybridized carbons (Fsp3) is 0.400. The van der Waals surface area contributed by atoms with Gasteiger partial charge >= 0.3 is 0 Å². The van der Waals surface area contributed by atoms with Crippen molar-refractivity contribution >= 4 is 17.7 Å². The summed E-state index contributed by atoms with van der Waals surface area (Å²) in [5, 5.41) is 2.25. The number of imide groups is 1. The van der Waals surface area contributed by atoms with Crippen molar-refractivity contribution < 1.29 is 30.7 Å². The molecule has 3 amide bonds. The fourth-order valence-electron chi connectivity index (χ4n) is 4.19. The number of rotatable bonds is 6. The molecule has 8 nitrogen and oxygen atoms in total. The minimum absolute atomic E-state index is 0.00311. The van der Waals surface area contributed by atoms with Crippen molar-refractivity contribution in [2.75, 3.05) is 26.3 Å². The normalized spacial score (nSPS) is 24.7. The summed E-state index contributed by atoms with van der Waals surface area (Å²) in [6.45, 7) is -1.38. The third kappa shape index (κ3) is 4.62. The standard InChI is InChI=1S/C25H27N3O5/c29-23-9-8-21(24(30)26-23)28-15-20-19(25(28)31)2-1-3-22(20)33-16-18-6-4-17(5-7-18)14-27-10-12-32-13-11-27/h1-7,21H,8-16H2,(H,26,29,30)/i4D,7D,14D,16D2. The molecule has 2 saturated heterocycles. The van der Waals surface area contributed by atoms with Crippen LogP contribution in [0.1, 0.15) is 46.7 Å². The van der Waals surface area contributed by atoms with Crippen molar-refractivity contribution in [2.45, 2.75) is 38.5 Å². The minimum atomic E-state index is -2.53. The minimum Gasteiger partial charge on any atom is -0.489 e. The SMILES string of the molecule is [2H]c1cc(C([2H])([2H])Oc2cccc3c2CN(C2CCC(=O)NC2=O)C3=O)c([2H])cc1C([2H])N1CCOCC1. The molecule has 0 aliphatic carbocycles. The highest BCUT2D eigenvalue weighted by Gasteiger charge is 2.40. The van der Waals surface area contributed by atoms with E-state index in [2.05, 4.69) is 5.32 Å². The Kier molecular flexibility index (Phi) is 4.63. The number of ether oxygens (including phenoxy) is 2. The zero-order valence-electron chi connectivity index (χ0n) is 22.9. The van der Waals surface area contributed by atoms with E-state index in [4.69, 9.17) is 16.3 Å². The number of benzene rings is 2. The molecule has 172 valence electrons. The number of nitrogens with zero attached hydrogens (tertiary/aromatic N) is 2. The average Bonchev–Trinajstić information content (AvgIpc) is 3.22. The van der Waals surface area contributed by atoms with Gasteiger partial charge in [-0.2, -0.15) is 0 Å². The Labute approximate surface area is 199 Å². The first-order valence-corrected chi connectivity index (χ1v) is 10.9. The highest BCUT2D eigenvalue weighted by molar-refractivity contribution is 6.05. The Morgan fingerprint density at radius 3 is 2.73 bits per heavy atom. The summed E-state index contributed by atoms with van der Waals surface area (Å²) in [5.74, 6) is -1.27. The lowest BCUT2D eigenvalue weighted by Gasteiger charge is -2.29. The molecule has 3 aliphatic heterocycles. The van der Waals surface area contributed by atoms with Gasteiger partial charge in [0, 0.05) is 38.5 Å². The Bertz CT molecular complexity index is 1300. The van der Waals surface area contributed by atoms with Crippen LogP contribution < -0.4 is 10.1 Å². The maximum atomic E-state index is 13.1. The summed E-state index contributed by atoms with van der Waals surface area (Å²) in [4.78, 5) is 40.1. The number of piperidine rings is 1. The van der Waals surface area contributed by atoms with Crippen molar-refractivity contribution in [3.8, 4) is 5.75 Å². The first-order chi connectivity index (χ1) is 18.1. The van der Waals surface area contributed by atoms with Crippen molar-refractivity contribution in [3.63, 3.8) is 0 Å². The van der Waals surface area contributed by atoms with E-state index in [1.165, 1.54) is 23.1 Å². The van der Waals surface area contributed by atoms with Gasteiger partial charge in [-0.15, -0.1) is 0 Å². The molecule has 1 N–H and O–H groups in total. The van der Waals surface area contributed by atoms with Gasteiger partial charge in [0.05, 0.1) is 25.2 Å². The first kappa shape index (κ1) is 16.4. The van der Waals surface area contributed by atoms with Crippen molar-refractivity contribution in [1.29, 1.82) is 0 Å². The molecule has 5 rings (SSSR count). The van der Waals surface area contributed by atoms with Crippen LogP contribution in [-0.2, 0) is 34.0 Å². The van der Waals surface area contributed by atoms with E-state index in [0.29, 0.717) is 37.4 Å². The van der Waals surface area contributed by atoms with Crippen LogP contribution in [0.15, 0.2) is 42.4 Å². The van der Waals surface area contributed by atoms with Gasteiger partial charge < -0.3 is 14.4 Å². The first-order valence-electron chi connectivity index (χ1n) is 13.5. The van der Waals surface area contributed by atoms with Crippen LogP contribution in [0.2, 0.25) is 0 Å². The van der Waals surface area contributed by atoms with Gasteiger partial charge in [0.2, 0.25) is 11.8 Å². The molecule has 3 aliphatic rings. The number of amides is 3. The maximum Gasteiger partial charge on any atom is 0.255 e. The number of hydrogen-bond acceptors (Lipinski definition) is 6. The maximum absolute atomic E-state index is 13.1. The van der Waals surface area contributed by atoms with E-state index in [0.717, 1.165) is 0 Å². The molecule has 0 spiro atoms. The molecular weight excluding hydrogens is 422 g/mol. The summed E-state index contributed by atoms with van der Waals surface area (Å²) in [6.07, 6.45) is 0.314. The third-order valence-corrected chi connectivity index (χ3v) is 5.94. The molecule has 2 aromatic rings.